The van der Waals surface area contributed by atoms with E-state index >= 15 is 0 Å². The van der Waals surface area contributed by atoms with Crippen molar-refractivity contribution in [3.63, 3.8) is 0 Å². The lowest BCUT2D eigenvalue weighted by Crippen LogP contribution is -2.13. The average molecular weight is 384 g/mol. The van der Waals surface area contributed by atoms with Gasteiger partial charge in [-0.3, -0.25) is 9.20 Å². The van der Waals surface area contributed by atoms with E-state index in [0.29, 0.717) is 22.0 Å². The lowest BCUT2D eigenvalue weighted by Gasteiger charge is -2.10. The van der Waals surface area contributed by atoms with Crippen molar-refractivity contribution in [2.24, 2.45) is 0 Å². The van der Waals surface area contributed by atoms with Crippen LogP contribution in [0.3, 0.4) is 0 Å². The molecule has 2 aromatic carbocycles. The Kier molecular flexibility index (Phi) is 4.36. The Morgan fingerprint density at radius 1 is 1.23 bits per heavy atom. The van der Waals surface area contributed by atoms with Crippen LogP contribution in [0, 0.1) is 0 Å². The van der Waals surface area contributed by atoms with E-state index in [1.807, 2.05) is 46.4 Å². The van der Waals surface area contributed by atoms with E-state index < -0.39 is 0 Å². The molecule has 0 radical (unpaired) electrons. The third kappa shape index (κ3) is 3.16. The minimum absolute atomic E-state index is 0.278. The van der Waals surface area contributed by atoms with Gasteiger partial charge in [0, 0.05) is 34.0 Å². The van der Waals surface area contributed by atoms with Crippen molar-refractivity contribution in [1.82, 2.24) is 9.38 Å². The van der Waals surface area contributed by atoms with E-state index in [4.69, 9.17) is 16.3 Å². The van der Waals surface area contributed by atoms with E-state index in [1.165, 1.54) is 7.11 Å². The number of imidazole rings is 1. The normalized spacial score (nSPS) is 10.8. The molecule has 1 N–H and O–H groups in total. The number of carbonyl (C=O) groups is 1. The summed E-state index contributed by atoms with van der Waals surface area (Å²) in [5.74, 6) is 0.196. The quantitative estimate of drug-likeness (QED) is 0.541. The summed E-state index contributed by atoms with van der Waals surface area (Å²) in [5.41, 5.74) is 2.95. The molecule has 0 aliphatic carbocycles. The summed E-state index contributed by atoms with van der Waals surface area (Å²) >= 11 is 7.58. The Balaban J connectivity index is 1.55. The van der Waals surface area contributed by atoms with Gasteiger partial charge < -0.3 is 10.1 Å². The van der Waals surface area contributed by atoms with E-state index in [9.17, 15) is 4.79 Å². The number of anilines is 1. The molecule has 1 amide bonds. The Morgan fingerprint density at radius 3 is 2.77 bits per heavy atom. The second kappa shape index (κ2) is 6.82. The highest BCUT2D eigenvalue weighted by Crippen LogP contribution is 2.25. The van der Waals surface area contributed by atoms with Crippen molar-refractivity contribution >= 4 is 39.5 Å². The first-order chi connectivity index (χ1) is 12.6. The zero-order valence-electron chi connectivity index (χ0n) is 13.8. The van der Waals surface area contributed by atoms with Crippen LogP contribution >= 0.6 is 22.9 Å². The fraction of sp³-hybridized carbons (Fsp3) is 0.0526. The highest BCUT2D eigenvalue weighted by atomic mass is 35.5. The molecule has 0 atom stereocenters. The first-order valence-electron chi connectivity index (χ1n) is 7.81. The van der Waals surface area contributed by atoms with E-state index in [-0.39, 0.29) is 5.91 Å². The second-order valence-electron chi connectivity index (χ2n) is 5.60. The number of rotatable bonds is 4. The van der Waals surface area contributed by atoms with E-state index in [0.717, 1.165) is 16.2 Å². The van der Waals surface area contributed by atoms with Crippen LogP contribution in [0.4, 0.5) is 5.69 Å². The fourth-order valence-electron chi connectivity index (χ4n) is 2.65. The summed E-state index contributed by atoms with van der Waals surface area (Å²) < 4.78 is 7.22. The molecule has 7 heteroatoms. The van der Waals surface area contributed by atoms with Crippen LogP contribution in [0.2, 0.25) is 5.02 Å². The number of aromatic nitrogens is 2. The zero-order valence-corrected chi connectivity index (χ0v) is 15.3. The molecule has 130 valence electrons. The number of amides is 1. The minimum atomic E-state index is -0.278. The lowest BCUT2D eigenvalue weighted by atomic mass is 10.1. The molecule has 5 nitrogen and oxygen atoms in total. The van der Waals surface area contributed by atoms with Crippen LogP contribution in [0.25, 0.3) is 16.2 Å². The smallest absolute Gasteiger partial charge is 0.259 e. The third-order valence-electron chi connectivity index (χ3n) is 3.94. The molecule has 0 aliphatic heterocycles. The standard InChI is InChI=1S/C19H14ClN3O2S/c1-25-17-7-4-13(20)10-15(17)18(24)21-14-5-2-12(3-6-14)16-11-23-8-9-26-19(23)22-16/h2-11H,1H3,(H,21,24). The minimum Gasteiger partial charge on any atom is -0.496 e. The first-order valence-corrected chi connectivity index (χ1v) is 9.07. The van der Waals surface area contributed by atoms with Gasteiger partial charge in [-0.05, 0) is 30.3 Å². The maximum absolute atomic E-state index is 12.5. The summed E-state index contributed by atoms with van der Waals surface area (Å²) in [4.78, 5) is 18.0. The largest absolute Gasteiger partial charge is 0.496 e. The van der Waals surface area contributed by atoms with Gasteiger partial charge in [-0.2, -0.15) is 0 Å². The van der Waals surface area contributed by atoms with Crippen molar-refractivity contribution in [3.8, 4) is 17.0 Å². The molecule has 0 fully saturated rings. The molecule has 0 bridgehead atoms. The van der Waals surface area contributed by atoms with Gasteiger partial charge >= 0.3 is 0 Å². The number of fused-ring (bicyclic) bond motifs is 1. The number of benzene rings is 2. The average Bonchev–Trinajstić information content (AvgIpc) is 3.24. The van der Waals surface area contributed by atoms with E-state index in [2.05, 4.69) is 10.3 Å². The van der Waals surface area contributed by atoms with Crippen molar-refractivity contribution in [2.45, 2.75) is 0 Å². The van der Waals surface area contributed by atoms with Crippen molar-refractivity contribution < 1.29 is 9.53 Å². The van der Waals surface area contributed by atoms with Gasteiger partial charge in [0.1, 0.15) is 5.75 Å². The molecule has 0 spiro atoms. The Hall–Kier alpha value is -2.83. The molecule has 4 rings (SSSR count). The molecule has 2 heterocycles. The summed E-state index contributed by atoms with van der Waals surface area (Å²) in [6.07, 6.45) is 3.96. The molecule has 0 aliphatic rings. The summed E-state index contributed by atoms with van der Waals surface area (Å²) in [6, 6.07) is 12.5. The third-order valence-corrected chi connectivity index (χ3v) is 4.94. The summed E-state index contributed by atoms with van der Waals surface area (Å²) in [7, 11) is 1.52. The molecular formula is C19H14ClN3O2S. The topological polar surface area (TPSA) is 55.6 Å². The van der Waals surface area contributed by atoms with Gasteiger partial charge in [0.2, 0.25) is 0 Å². The van der Waals surface area contributed by atoms with Crippen molar-refractivity contribution in [3.05, 3.63) is 70.8 Å². The monoisotopic (exact) mass is 383 g/mol. The number of ether oxygens (including phenoxy) is 1. The predicted molar refractivity (Wildman–Crippen MR) is 104 cm³/mol. The van der Waals surface area contributed by atoms with Gasteiger partial charge in [0.05, 0.1) is 18.4 Å². The number of hydrogen-bond acceptors (Lipinski definition) is 4. The Bertz CT molecular complexity index is 1060. The summed E-state index contributed by atoms with van der Waals surface area (Å²) in [5, 5.41) is 5.33. The van der Waals surface area contributed by atoms with Crippen LogP contribution < -0.4 is 10.1 Å². The number of hydrogen-bond donors (Lipinski definition) is 1. The van der Waals surface area contributed by atoms with Crippen molar-refractivity contribution in [1.29, 1.82) is 0 Å². The highest BCUT2D eigenvalue weighted by Gasteiger charge is 2.13. The Labute approximate surface area is 158 Å². The van der Waals surface area contributed by atoms with Gasteiger partial charge in [-0.1, -0.05) is 23.7 Å². The van der Waals surface area contributed by atoms with Gasteiger partial charge in [0.15, 0.2) is 4.96 Å². The van der Waals surface area contributed by atoms with Crippen LogP contribution in [-0.2, 0) is 0 Å². The fourth-order valence-corrected chi connectivity index (χ4v) is 3.52. The van der Waals surface area contributed by atoms with Crippen LogP contribution in [0.1, 0.15) is 10.4 Å². The Morgan fingerprint density at radius 2 is 2.04 bits per heavy atom. The van der Waals surface area contributed by atoms with E-state index in [1.54, 1.807) is 29.5 Å². The predicted octanol–water partition coefficient (Wildman–Crippen LogP) is 4.98. The molecule has 0 saturated carbocycles. The van der Waals surface area contributed by atoms with Gasteiger partial charge in [-0.25, -0.2) is 4.98 Å². The number of halogens is 1. The first kappa shape index (κ1) is 16.6. The number of carbonyl (C=O) groups excluding carboxylic acids is 1. The second-order valence-corrected chi connectivity index (χ2v) is 6.90. The van der Waals surface area contributed by atoms with Crippen LogP contribution in [0.5, 0.6) is 5.75 Å². The zero-order chi connectivity index (χ0) is 18.1. The maximum Gasteiger partial charge on any atom is 0.259 e. The molecule has 4 aromatic rings. The number of thiazole rings is 1. The number of methoxy groups -OCH3 is 1. The molecule has 0 saturated heterocycles. The van der Waals surface area contributed by atoms with Gasteiger partial charge in [0.25, 0.3) is 5.91 Å². The molecule has 0 unspecified atom stereocenters. The number of nitrogens with zero attached hydrogens (tertiary/aromatic N) is 2. The number of nitrogens with one attached hydrogen (secondary N) is 1. The molecule has 2 aromatic heterocycles. The van der Waals surface area contributed by atoms with Crippen molar-refractivity contribution in [2.75, 3.05) is 12.4 Å². The summed E-state index contributed by atoms with van der Waals surface area (Å²) in [6.45, 7) is 0. The van der Waals surface area contributed by atoms with Gasteiger partial charge in [-0.15, -0.1) is 11.3 Å². The molecule has 26 heavy (non-hydrogen) atoms. The van der Waals surface area contributed by atoms with Crippen LogP contribution in [0.15, 0.2) is 60.2 Å². The van der Waals surface area contributed by atoms with Crippen LogP contribution in [-0.4, -0.2) is 22.4 Å². The highest BCUT2D eigenvalue weighted by molar-refractivity contribution is 7.15. The SMILES string of the molecule is COc1ccc(Cl)cc1C(=O)Nc1ccc(-c2cn3ccsc3n2)cc1. The maximum atomic E-state index is 12.5. The lowest BCUT2D eigenvalue weighted by molar-refractivity contribution is 0.102. The molecular weight excluding hydrogens is 370 g/mol.